The molecule has 1 aromatic heterocycles. The van der Waals surface area contributed by atoms with Crippen molar-refractivity contribution in [1.29, 1.82) is 0 Å². The molecule has 2 fully saturated rings. The molecule has 2 aliphatic heterocycles. The first-order valence-electron chi connectivity index (χ1n) is 7.98. The van der Waals surface area contributed by atoms with Gasteiger partial charge in [-0.05, 0) is 31.2 Å². The Bertz CT molecular complexity index is 765. The molecule has 1 aromatic rings. The molecule has 0 radical (unpaired) electrons. The zero-order chi connectivity index (χ0) is 18.5. The van der Waals surface area contributed by atoms with Crippen LogP contribution in [0.5, 0.6) is 0 Å². The first-order chi connectivity index (χ1) is 11.5. The van der Waals surface area contributed by atoms with E-state index in [1.54, 1.807) is 11.8 Å². The van der Waals surface area contributed by atoms with Crippen molar-refractivity contribution >= 4 is 27.3 Å². The summed E-state index contributed by atoms with van der Waals surface area (Å²) in [5.41, 5.74) is -1.79. The Morgan fingerprint density at radius 3 is 2.64 bits per heavy atom. The smallest absolute Gasteiger partial charge is 0.265 e. The van der Waals surface area contributed by atoms with E-state index in [4.69, 9.17) is 9.88 Å². The third-order valence-electron chi connectivity index (χ3n) is 5.04. The number of primary sulfonamides is 1. The highest BCUT2D eigenvalue weighted by Crippen LogP contribution is 2.40. The van der Waals surface area contributed by atoms with Crippen molar-refractivity contribution in [3.05, 3.63) is 16.3 Å². The molecule has 2 atom stereocenters. The van der Waals surface area contributed by atoms with Gasteiger partial charge in [0.05, 0.1) is 17.8 Å². The van der Waals surface area contributed by atoms with Crippen LogP contribution in [0.1, 0.15) is 35.9 Å². The van der Waals surface area contributed by atoms with Crippen LogP contribution in [0.4, 0.5) is 0 Å². The Morgan fingerprint density at radius 1 is 1.44 bits per heavy atom. The van der Waals surface area contributed by atoms with Gasteiger partial charge in [-0.15, -0.1) is 11.3 Å². The molecule has 2 saturated heterocycles. The van der Waals surface area contributed by atoms with Crippen molar-refractivity contribution in [3.63, 3.8) is 0 Å². The lowest BCUT2D eigenvalue weighted by Gasteiger charge is -2.49. The minimum Gasteiger partial charge on any atom is -0.388 e. The van der Waals surface area contributed by atoms with Gasteiger partial charge in [-0.3, -0.25) is 4.79 Å². The molecule has 25 heavy (non-hydrogen) atoms. The molecule has 4 N–H and O–H groups in total. The maximum absolute atomic E-state index is 12.7. The summed E-state index contributed by atoms with van der Waals surface area (Å²) in [6.45, 7) is 2.41. The van der Waals surface area contributed by atoms with E-state index in [1.165, 1.54) is 11.4 Å². The number of rotatable bonds is 2. The number of thiophene rings is 1. The molecular weight excluding hydrogens is 368 g/mol. The standard InChI is InChI=1S/C15H22N2O6S2/c1-14(20)9-15(23-8-11(14)18)3-5-17(6-4-15)13(19)12-10(2-7-24-12)25(16,21)22/h2,7,11,18,20H,3-6,8-9H2,1H3,(H2,16,21,22)/t11-,14-/m0/s1. The summed E-state index contributed by atoms with van der Waals surface area (Å²) in [4.78, 5) is 14.2. The fourth-order valence-corrected chi connectivity index (χ4v) is 5.45. The molecule has 0 aromatic carbocycles. The van der Waals surface area contributed by atoms with Crippen LogP contribution in [0.15, 0.2) is 16.3 Å². The molecule has 1 spiro atoms. The maximum Gasteiger partial charge on any atom is 0.265 e. The van der Waals surface area contributed by atoms with Gasteiger partial charge in [0.15, 0.2) is 0 Å². The van der Waals surface area contributed by atoms with Gasteiger partial charge in [0.1, 0.15) is 15.9 Å². The van der Waals surface area contributed by atoms with E-state index in [2.05, 4.69) is 0 Å². The van der Waals surface area contributed by atoms with Crippen molar-refractivity contribution in [2.24, 2.45) is 5.14 Å². The third-order valence-corrected chi connectivity index (χ3v) is 7.02. The number of aliphatic hydroxyl groups is 2. The predicted octanol–water partition coefficient (Wildman–Crippen LogP) is -0.0975. The molecule has 0 aliphatic carbocycles. The van der Waals surface area contributed by atoms with Gasteiger partial charge in [-0.1, -0.05) is 0 Å². The van der Waals surface area contributed by atoms with Crippen LogP contribution < -0.4 is 5.14 Å². The average Bonchev–Trinajstić information content (AvgIpc) is 3.01. The first-order valence-corrected chi connectivity index (χ1v) is 10.4. The number of carbonyl (C=O) groups excluding carboxylic acids is 1. The zero-order valence-electron chi connectivity index (χ0n) is 13.8. The highest BCUT2D eigenvalue weighted by atomic mass is 32.2. The number of likely N-dealkylation sites (tertiary alicyclic amines) is 1. The third kappa shape index (κ3) is 3.60. The Balaban J connectivity index is 1.71. The molecule has 0 bridgehead atoms. The highest BCUT2D eigenvalue weighted by Gasteiger charge is 2.49. The molecule has 0 unspecified atom stereocenters. The van der Waals surface area contributed by atoms with Crippen LogP contribution >= 0.6 is 11.3 Å². The van der Waals surface area contributed by atoms with E-state index in [0.717, 1.165) is 11.3 Å². The first kappa shape index (κ1) is 18.7. The van der Waals surface area contributed by atoms with Gasteiger partial charge < -0.3 is 19.8 Å². The number of nitrogens with zero attached hydrogens (tertiary/aromatic N) is 1. The Kier molecular flexibility index (Phi) is 4.71. The molecule has 3 rings (SSSR count). The normalized spacial score (nSPS) is 29.8. The number of ether oxygens (including phenoxy) is 1. The summed E-state index contributed by atoms with van der Waals surface area (Å²) in [5.74, 6) is -0.364. The summed E-state index contributed by atoms with van der Waals surface area (Å²) in [7, 11) is -3.94. The van der Waals surface area contributed by atoms with Crippen molar-refractivity contribution in [2.75, 3.05) is 19.7 Å². The monoisotopic (exact) mass is 390 g/mol. The van der Waals surface area contributed by atoms with Gasteiger partial charge in [0.2, 0.25) is 10.0 Å². The second-order valence-corrected chi connectivity index (χ2v) is 9.44. The number of piperidine rings is 1. The number of nitrogens with two attached hydrogens (primary N) is 1. The summed E-state index contributed by atoms with van der Waals surface area (Å²) in [6.07, 6.45) is 0.390. The van der Waals surface area contributed by atoms with Crippen molar-refractivity contribution < 1.29 is 28.2 Å². The Hall–Kier alpha value is -1.04. The summed E-state index contributed by atoms with van der Waals surface area (Å²) >= 11 is 1.05. The SMILES string of the molecule is C[C@]1(O)CC2(CCN(C(=O)c3sccc3S(N)(=O)=O)CC2)OC[C@@H]1O. The molecule has 0 saturated carbocycles. The molecule has 8 nitrogen and oxygen atoms in total. The van der Waals surface area contributed by atoms with Crippen LogP contribution in [-0.2, 0) is 14.8 Å². The van der Waals surface area contributed by atoms with E-state index < -0.39 is 27.3 Å². The number of sulfonamides is 1. The van der Waals surface area contributed by atoms with E-state index >= 15 is 0 Å². The zero-order valence-corrected chi connectivity index (χ0v) is 15.5. The van der Waals surface area contributed by atoms with Crippen LogP contribution in [0.25, 0.3) is 0 Å². The molecule has 2 aliphatic rings. The lowest BCUT2D eigenvalue weighted by Crippen LogP contribution is -2.59. The lowest BCUT2D eigenvalue weighted by atomic mass is 9.76. The molecule has 10 heteroatoms. The molecule has 3 heterocycles. The van der Waals surface area contributed by atoms with E-state index in [1.807, 2.05) is 0 Å². The molecule has 1 amide bonds. The topological polar surface area (TPSA) is 130 Å². The second kappa shape index (κ2) is 6.29. The van der Waals surface area contributed by atoms with Gasteiger partial charge in [0, 0.05) is 19.5 Å². The lowest BCUT2D eigenvalue weighted by molar-refractivity contribution is -0.221. The Labute approximate surface area is 150 Å². The van der Waals surface area contributed by atoms with Crippen LogP contribution in [0.2, 0.25) is 0 Å². The van der Waals surface area contributed by atoms with Gasteiger partial charge in [0.25, 0.3) is 5.91 Å². The Morgan fingerprint density at radius 2 is 2.08 bits per heavy atom. The van der Waals surface area contributed by atoms with Gasteiger partial charge >= 0.3 is 0 Å². The van der Waals surface area contributed by atoms with Gasteiger partial charge in [-0.2, -0.15) is 0 Å². The molecular formula is C15H22N2O6S2. The van der Waals surface area contributed by atoms with E-state index in [9.17, 15) is 23.4 Å². The van der Waals surface area contributed by atoms with Crippen LogP contribution in [-0.4, -0.2) is 66.4 Å². The quantitative estimate of drug-likeness (QED) is 0.647. The second-order valence-electron chi connectivity index (χ2n) is 6.99. The molecule has 140 valence electrons. The van der Waals surface area contributed by atoms with Gasteiger partial charge in [-0.25, -0.2) is 13.6 Å². The van der Waals surface area contributed by atoms with E-state index in [-0.39, 0.29) is 22.3 Å². The van der Waals surface area contributed by atoms with Crippen molar-refractivity contribution in [1.82, 2.24) is 4.90 Å². The largest absolute Gasteiger partial charge is 0.388 e. The van der Waals surface area contributed by atoms with E-state index in [0.29, 0.717) is 32.4 Å². The van der Waals surface area contributed by atoms with Crippen molar-refractivity contribution in [3.8, 4) is 0 Å². The summed E-state index contributed by atoms with van der Waals surface area (Å²) in [5, 5.41) is 26.8. The minimum atomic E-state index is -3.94. The maximum atomic E-state index is 12.7. The number of hydrogen-bond donors (Lipinski definition) is 3. The fourth-order valence-electron chi connectivity index (χ4n) is 3.52. The number of aliphatic hydroxyl groups excluding tert-OH is 1. The van der Waals surface area contributed by atoms with Crippen LogP contribution in [0, 0.1) is 0 Å². The summed E-state index contributed by atoms with van der Waals surface area (Å²) in [6, 6.07) is 1.33. The highest BCUT2D eigenvalue weighted by molar-refractivity contribution is 7.89. The fraction of sp³-hybridized carbons (Fsp3) is 0.667. The number of amides is 1. The average molecular weight is 390 g/mol. The van der Waals surface area contributed by atoms with Crippen LogP contribution in [0.3, 0.4) is 0 Å². The summed E-state index contributed by atoms with van der Waals surface area (Å²) < 4.78 is 29.0. The van der Waals surface area contributed by atoms with Crippen molar-refractivity contribution in [2.45, 2.75) is 48.4 Å². The minimum absolute atomic E-state index is 0.0570. The number of carbonyl (C=O) groups is 1. The predicted molar refractivity (Wildman–Crippen MR) is 90.8 cm³/mol. The number of hydrogen-bond acceptors (Lipinski definition) is 7.